The lowest BCUT2D eigenvalue weighted by molar-refractivity contribution is -0.121. The highest BCUT2D eigenvalue weighted by atomic mass is 19.1. The minimum Gasteiger partial charge on any atom is -0.361 e. The van der Waals surface area contributed by atoms with E-state index in [4.69, 9.17) is 0 Å². The van der Waals surface area contributed by atoms with Gasteiger partial charge in [0, 0.05) is 36.2 Å². The topological polar surface area (TPSA) is 91.1 Å². The van der Waals surface area contributed by atoms with Crippen molar-refractivity contribution < 1.29 is 18.8 Å². The molecule has 3 aromatic rings. The third kappa shape index (κ3) is 4.18. The number of hydrogen-bond donors (Lipinski definition) is 3. The maximum atomic E-state index is 15.1. The molecule has 4 atom stereocenters. The SMILES string of the molecule is CC1=C(C(=O)Cc2ccc3[nH]ccc3c2)C(c2ccc(F)c(C(=O)NC3CC4CCC3(C)C4(C)C)c2)NC(=O)C1. The fourth-order valence-electron chi connectivity index (χ4n) is 7.56. The predicted octanol–water partition coefficient (Wildman–Crippen LogP) is 5.94. The molecule has 208 valence electrons. The number of carbonyl (C=O) groups excluding carboxylic acids is 3. The van der Waals surface area contributed by atoms with Crippen molar-refractivity contribution in [1.29, 1.82) is 0 Å². The Hall–Kier alpha value is -3.74. The molecule has 1 aromatic heterocycles. The van der Waals surface area contributed by atoms with Crippen molar-refractivity contribution in [2.75, 3.05) is 0 Å². The number of halogens is 1. The Bertz CT molecular complexity index is 1580. The molecule has 1 aliphatic heterocycles. The van der Waals surface area contributed by atoms with Crippen molar-refractivity contribution in [2.24, 2.45) is 16.7 Å². The first-order chi connectivity index (χ1) is 19.0. The molecule has 6 rings (SSSR count). The summed E-state index contributed by atoms with van der Waals surface area (Å²) in [6.07, 6.45) is 5.24. The van der Waals surface area contributed by atoms with Gasteiger partial charge < -0.3 is 15.6 Å². The number of aromatic amines is 1. The first-order valence-electron chi connectivity index (χ1n) is 14.2. The third-order valence-electron chi connectivity index (χ3n) is 10.4. The van der Waals surface area contributed by atoms with Crippen molar-refractivity contribution in [3.8, 4) is 0 Å². The molecule has 2 aromatic carbocycles. The highest BCUT2D eigenvalue weighted by Gasteiger charge is 2.61. The molecular weight excluding hydrogens is 505 g/mol. The van der Waals surface area contributed by atoms with Crippen LogP contribution in [-0.2, 0) is 16.0 Å². The van der Waals surface area contributed by atoms with E-state index < -0.39 is 17.8 Å². The van der Waals surface area contributed by atoms with Gasteiger partial charge in [0.25, 0.3) is 5.91 Å². The van der Waals surface area contributed by atoms with Gasteiger partial charge in [0.15, 0.2) is 5.78 Å². The number of benzene rings is 2. The van der Waals surface area contributed by atoms with Crippen LogP contribution < -0.4 is 10.6 Å². The molecule has 0 spiro atoms. The minimum atomic E-state index is -0.754. The molecule has 0 radical (unpaired) electrons. The summed E-state index contributed by atoms with van der Waals surface area (Å²) in [5, 5.41) is 7.09. The quantitative estimate of drug-likeness (QED) is 0.361. The van der Waals surface area contributed by atoms with Gasteiger partial charge in [0.2, 0.25) is 5.91 Å². The summed E-state index contributed by atoms with van der Waals surface area (Å²) in [6.45, 7) is 8.57. The van der Waals surface area contributed by atoms with Crippen molar-refractivity contribution in [1.82, 2.24) is 15.6 Å². The largest absolute Gasteiger partial charge is 0.361 e. The fraction of sp³-hybridized carbons (Fsp3) is 0.424. The van der Waals surface area contributed by atoms with E-state index in [1.54, 1.807) is 13.0 Å². The van der Waals surface area contributed by atoms with Crippen LogP contribution in [-0.4, -0.2) is 28.6 Å². The van der Waals surface area contributed by atoms with Crippen molar-refractivity contribution in [3.63, 3.8) is 0 Å². The van der Waals surface area contributed by atoms with Gasteiger partial charge in [-0.05, 0) is 89.8 Å². The van der Waals surface area contributed by atoms with E-state index in [9.17, 15) is 14.4 Å². The smallest absolute Gasteiger partial charge is 0.254 e. The summed E-state index contributed by atoms with van der Waals surface area (Å²) in [5.41, 5.74) is 3.57. The van der Waals surface area contributed by atoms with Gasteiger partial charge in [0.05, 0.1) is 11.6 Å². The molecule has 40 heavy (non-hydrogen) atoms. The summed E-state index contributed by atoms with van der Waals surface area (Å²) >= 11 is 0. The Morgan fingerprint density at radius 3 is 2.62 bits per heavy atom. The Morgan fingerprint density at radius 2 is 1.90 bits per heavy atom. The molecule has 6 nitrogen and oxygen atoms in total. The second-order valence-electron chi connectivity index (χ2n) is 12.7. The van der Waals surface area contributed by atoms with E-state index >= 15 is 4.39 Å². The summed E-state index contributed by atoms with van der Waals surface area (Å²) in [5.74, 6) is -0.852. The van der Waals surface area contributed by atoms with E-state index in [-0.39, 0.29) is 47.0 Å². The number of fused-ring (bicyclic) bond motifs is 3. The lowest BCUT2D eigenvalue weighted by Gasteiger charge is -2.39. The van der Waals surface area contributed by atoms with E-state index in [1.807, 2.05) is 30.5 Å². The van der Waals surface area contributed by atoms with Crippen LogP contribution in [0.2, 0.25) is 0 Å². The number of H-pyrrole nitrogens is 1. The van der Waals surface area contributed by atoms with Crippen LogP contribution in [0.3, 0.4) is 0 Å². The maximum absolute atomic E-state index is 15.1. The Morgan fingerprint density at radius 1 is 1.10 bits per heavy atom. The summed E-state index contributed by atoms with van der Waals surface area (Å²) in [7, 11) is 0. The van der Waals surface area contributed by atoms with Crippen LogP contribution >= 0.6 is 0 Å². The molecule has 2 heterocycles. The number of aromatic nitrogens is 1. The van der Waals surface area contributed by atoms with Gasteiger partial charge in [-0.1, -0.05) is 38.5 Å². The maximum Gasteiger partial charge on any atom is 0.254 e. The molecule has 2 amide bonds. The van der Waals surface area contributed by atoms with Crippen molar-refractivity contribution >= 4 is 28.5 Å². The fourth-order valence-corrected chi connectivity index (χ4v) is 7.56. The average molecular weight is 542 g/mol. The number of amides is 2. The highest BCUT2D eigenvalue weighted by Crippen LogP contribution is 2.65. The molecule has 7 heteroatoms. The van der Waals surface area contributed by atoms with Gasteiger partial charge in [-0.3, -0.25) is 14.4 Å². The highest BCUT2D eigenvalue weighted by molar-refractivity contribution is 6.02. The summed E-state index contributed by atoms with van der Waals surface area (Å²) in [4.78, 5) is 42.8. The van der Waals surface area contributed by atoms with Crippen LogP contribution in [0.4, 0.5) is 4.39 Å². The van der Waals surface area contributed by atoms with E-state index in [1.165, 1.54) is 12.1 Å². The molecular formula is C33H36FN3O3. The van der Waals surface area contributed by atoms with Crippen LogP contribution in [0.1, 0.15) is 80.9 Å². The zero-order valence-electron chi connectivity index (χ0n) is 23.5. The van der Waals surface area contributed by atoms with Gasteiger partial charge in [0.1, 0.15) is 5.82 Å². The van der Waals surface area contributed by atoms with E-state index in [2.05, 4.69) is 36.4 Å². The van der Waals surface area contributed by atoms with E-state index in [0.29, 0.717) is 22.6 Å². The number of Topliss-reactive ketones (excluding diaryl/α,β-unsaturated/α-hetero) is 1. The zero-order chi connectivity index (χ0) is 28.4. The first kappa shape index (κ1) is 26.5. The van der Waals surface area contributed by atoms with Gasteiger partial charge in [-0.25, -0.2) is 4.39 Å². The molecule has 2 aliphatic carbocycles. The number of rotatable bonds is 6. The summed E-state index contributed by atoms with van der Waals surface area (Å²) in [6, 6.07) is 11.3. The van der Waals surface area contributed by atoms with Crippen LogP contribution in [0.25, 0.3) is 10.9 Å². The van der Waals surface area contributed by atoms with Gasteiger partial charge >= 0.3 is 0 Å². The van der Waals surface area contributed by atoms with Crippen LogP contribution in [0, 0.1) is 22.6 Å². The molecule has 2 saturated carbocycles. The second kappa shape index (κ2) is 9.43. The van der Waals surface area contributed by atoms with E-state index in [0.717, 1.165) is 35.7 Å². The first-order valence-corrected chi connectivity index (χ1v) is 14.2. The van der Waals surface area contributed by atoms with Crippen molar-refractivity contribution in [3.05, 3.63) is 82.3 Å². The zero-order valence-corrected chi connectivity index (χ0v) is 23.5. The molecule has 4 unspecified atom stereocenters. The van der Waals surface area contributed by atoms with Gasteiger partial charge in [-0.15, -0.1) is 0 Å². The monoisotopic (exact) mass is 541 g/mol. The average Bonchev–Trinajstić information content (AvgIpc) is 3.50. The second-order valence-corrected chi connectivity index (χ2v) is 12.7. The lowest BCUT2D eigenvalue weighted by atomic mass is 9.69. The molecule has 2 bridgehead atoms. The minimum absolute atomic E-state index is 0.0252. The standard InChI is InChI=1S/C33H36FN3O3/c1-18-13-28(39)37-30(29(18)26(38)15-19-5-8-25-20(14-19)10-12-35-25)21-6-7-24(34)23(16-21)31(40)36-27-17-22-9-11-33(27,4)32(22,2)3/h5-8,10,12,14,16,22,27,30,35H,9,11,13,15,17H2,1-4H3,(H,36,40)(H,37,39). The third-order valence-corrected chi connectivity index (χ3v) is 10.4. The van der Waals surface area contributed by atoms with Crippen LogP contribution in [0.15, 0.2) is 59.8 Å². The van der Waals surface area contributed by atoms with Gasteiger partial charge in [-0.2, -0.15) is 0 Å². The molecule has 3 N–H and O–H groups in total. The normalized spacial score (nSPS) is 27.2. The number of hydrogen-bond acceptors (Lipinski definition) is 3. The Kier molecular flexibility index (Phi) is 6.24. The molecule has 2 fully saturated rings. The Balaban J connectivity index is 1.27. The lowest BCUT2D eigenvalue weighted by Crippen LogP contribution is -2.47. The molecule has 0 saturated heterocycles. The number of ketones is 1. The molecule has 3 aliphatic rings. The summed E-state index contributed by atoms with van der Waals surface area (Å²) < 4.78 is 15.1. The number of nitrogens with one attached hydrogen (secondary N) is 3. The van der Waals surface area contributed by atoms with Crippen LogP contribution in [0.5, 0.6) is 0 Å². The Labute approximate surface area is 233 Å². The predicted molar refractivity (Wildman–Crippen MR) is 152 cm³/mol. The number of carbonyl (C=O) groups is 3. The van der Waals surface area contributed by atoms with Crippen molar-refractivity contribution in [2.45, 2.75) is 71.9 Å².